The molecule has 1 saturated carbocycles. The van der Waals surface area contributed by atoms with E-state index in [0.717, 1.165) is 12.1 Å². The first-order valence-electron chi connectivity index (χ1n) is 5.70. The van der Waals surface area contributed by atoms with Crippen molar-refractivity contribution in [3.05, 3.63) is 29.3 Å². The number of carbonyl (C=O) groups is 1. The molecule has 2 aliphatic rings. The molecule has 84 valence electrons. The van der Waals surface area contributed by atoms with Crippen molar-refractivity contribution in [2.75, 3.05) is 18.5 Å². The maximum Gasteiger partial charge on any atom is 0.237 e. The van der Waals surface area contributed by atoms with Crippen LogP contribution in [0.1, 0.15) is 17.5 Å². The van der Waals surface area contributed by atoms with Crippen LogP contribution in [0.3, 0.4) is 0 Å². The summed E-state index contributed by atoms with van der Waals surface area (Å²) in [4.78, 5) is 14.1. The fraction of sp³-hybridized carbons (Fsp3) is 0.462. The molecule has 3 heteroatoms. The summed E-state index contributed by atoms with van der Waals surface area (Å²) < 4.78 is 0. The van der Waals surface area contributed by atoms with Crippen molar-refractivity contribution in [2.24, 2.45) is 11.7 Å². The molecule has 0 saturated heterocycles. The summed E-state index contributed by atoms with van der Waals surface area (Å²) in [6.45, 7) is 2.67. The molecule has 2 atom stereocenters. The molecule has 2 unspecified atom stereocenters. The Morgan fingerprint density at radius 2 is 2.31 bits per heavy atom. The monoisotopic (exact) mass is 216 g/mol. The number of anilines is 1. The van der Waals surface area contributed by atoms with Gasteiger partial charge in [0.05, 0.1) is 5.41 Å². The van der Waals surface area contributed by atoms with Crippen molar-refractivity contribution in [3.63, 3.8) is 0 Å². The van der Waals surface area contributed by atoms with E-state index in [0.29, 0.717) is 12.5 Å². The fourth-order valence-electron chi connectivity index (χ4n) is 3.03. The molecule has 16 heavy (non-hydrogen) atoms. The zero-order chi connectivity index (χ0) is 11.5. The fourth-order valence-corrected chi connectivity index (χ4v) is 3.03. The van der Waals surface area contributed by atoms with Crippen LogP contribution in [0, 0.1) is 12.8 Å². The second-order valence-electron chi connectivity index (χ2n) is 4.99. The highest BCUT2D eigenvalue weighted by Crippen LogP contribution is 2.60. The lowest BCUT2D eigenvalue weighted by atomic mass is 9.93. The Labute approximate surface area is 95.2 Å². The Kier molecular flexibility index (Phi) is 1.76. The van der Waals surface area contributed by atoms with Crippen LogP contribution in [-0.4, -0.2) is 19.5 Å². The number of hydrogen-bond donors (Lipinski definition) is 1. The van der Waals surface area contributed by atoms with Crippen LogP contribution in [0.4, 0.5) is 5.69 Å². The van der Waals surface area contributed by atoms with Gasteiger partial charge in [0.2, 0.25) is 5.91 Å². The number of fused-ring (bicyclic) bond motifs is 2. The third-order valence-electron chi connectivity index (χ3n) is 4.07. The number of aryl methyl sites for hydroxylation is 1. The van der Waals surface area contributed by atoms with E-state index in [4.69, 9.17) is 5.73 Å². The number of nitrogens with zero attached hydrogens (tertiary/aromatic N) is 1. The molecule has 0 aromatic heterocycles. The number of likely N-dealkylation sites (N-methyl/N-ethyl adjacent to an activating group) is 1. The van der Waals surface area contributed by atoms with Gasteiger partial charge in [-0.2, -0.15) is 0 Å². The minimum absolute atomic E-state index is 0.226. The van der Waals surface area contributed by atoms with Gasteiger partial charge in [0, 0.05) is 12.7 Å². The predicted molar refractivity (Wildman–Crippen MR) is 63.4 cm³/mol. The van der Waals surface area contributed by atoms with Gasteiger partial charge in [-0.05, 0) is 37.4 Å². The lowest BCUT2D eigenvalue weighted by Gasteiger charge is -2.10. The van der Waals surface area contributed by atoms with Crippen molar-refractivity contribution in [1.82, 2.24) is 0 Å². The third kappa shape index (κ3) is 0.944. The Morgan fingerprint density at radius 1 is 1.56 bits per heavy atom. The average Bonchev–Trinajstić information content (AvgIpc) is 2.98. The second-order valence-corrected chi connectivity index (χ2v) is 4.99. The molecular weight excluding hydrogens is 200 g/mol. The highest BCUT2D eigenvalue weighted by atomic mass is 16.2. The summed E-state index contributed by atoms with van der Waals surface area (Å²) in [7, 11) is 1.86. The van der Waals surface area contributed by atoms with Crippen LogP contribution in [0.5, 0.6) is 0 Å². The average molecular weight is 216 g/mol. The van der Waals surface area contributed by atoms with Gasteiger partial charge in [0.15, 0.2) is 0 Å². The van der Waals surface area contributed by atoms with Gasteiger partial charge in [0.1, 0.15) is 0 Å². The minimum atomic E-state index is -0.273. The Bertz CT molecular complexity index is 483. The molecule has 0 bridgehead atoms. The van der Waals surface area contributed by atoms with Crippen molar-refractivity contribution in [3.8, 4) is 0 Å². The van der Waals surface area contributed by atoms with E-state index in [-0.39, 0.29) is 11.3 Å². The molecule has 1 aromatic carbocycles. The molecule has 2 N–H and O–H groups in total. The molecule has 1 aliphatic carbocycles. The first-order chi connectivity index (χ1) is 7.61. The normalized spacial score (nSPS) is 31.1. The number of carbonyl (C=O) groups excluding carboxylic acids is 1. The topological polar surface area (TPSA) is 46.3 Å². The van der Waals surface area contributed by atoms with Crippen molar-refractivity contribution in [1.29, 1.82) is 0 Å². The van der Waals surface area contributed by atoms with Crippen molar-refractivity contribution in [2.45, 2.75) is 18.8 Å². The molecule has 0 radical (unpaired) electrons. The summed E-state index contributed by atoms with van der Waals surface area (Å²) in [5.41, 5.74) is 8.91. The van der Waals surface area contributed by atoms with Crippen LogP contribution in [0.25, 0.3) is 0 Å². The lowest BCUT2D eigenvalue weighted by Crippen LogP contribution is -2.30. The Hall–Kier alpha value is -1.35. The van der Waals surface area contributed by atoms with Gasteiger partial charge in [-0.15, -0.1) is 0 Å². The van der Waals surface area contributed by atoms with E-state index >= 15 is 0 Å². The SMILES string of the molecule is Cc1ccc2c(c1)C1(CC1CN)C(=O)N2C. The van der Waals surface area contributed by atoms with E-state index in [2.05, 4.69) is 19.1 Å². The maximum atomic E-state index is 12.3. The summed E-state index contributed by atoms with van der Waals surface area (Å²) in [5, 5.41) is 0. The lowest BCUT2D eigenvalue weighted by molar-refractivity contribution is -0.120. The highest BCUT2D eigenvalue weighted by molar-refractivity contribution is 6.10. The Balaban J connectivity index is 2.18. The van der Waals surface area contributed by atoms with E-state index in [1.807, 2.05) is 13.1 Å². The maximum absolute atomic E-state index is 12.3. The molecule has 3 nitrogen and oxygen atoms in total. The third-order valence-corrected chi connectivity index (χ3v) is 4.07. The number of nitrogens with two attached hydrogens (primary N) is 1. The van der Waals surface area contributed by atoms with Gasteiger partial charge in [0.25, 0.3) is 0 Å². The molecule has 1 fully saturated rings. The van der Waals surface area contributed by atoms with Crippen LogP contribution >= 0.6 is 0 Å². The summed E-state index contributed by atoms with van der Waals surface area (Å²) in [6.07, 6.45) is 0.920. The summed E-state index contributed by atoms with van der Waals surface area (Å²) >= 11 is 0. The largest absolute Gasteiger partial charge is 0.330 e. The molecule has 1 heterocycles. The summed E-state index contributed by atoms with van der Waals surface area (Å²) in [5.74, 6) is 0.564. The molecule has 1 spiro atoms. The first-order valence-corrected chi connectivity index (χ1v) is 5.70. The van der Waals surface area contributed by atoms with E-state index < -0.39 is 0 Å². The van der Waals surface area contributed by atoms with Gasteiger partial charge in [-0.1, -0.05) is 17.7 Å². The molecule has 1 aromatic rings. The van der Waals surface area contributed by atoms with Gasteiger partial charge >= 0.3 is 0 Å². The van der Waals surface area contributed by atoms with Gasteiger partial charge in [-0.3, -0.25) is 4.79 Å². The molecular formula is C13H16N2O. The van der Waals surface area contributed by atoms with Crippen LogP contribution < -0.4 is 10.6 Å². The van der Waals surface area contributed by atoms with E-state index in [9.17, 15) is 4.79 Å². The van der Waals surface area contributed by atoms with Crippen molar-refractivity contribution >= 4 is 11.6 Å². The van der Waals surface area contributed by atoms with Gasteiger partial charge < -0.3 is 10.6 Å². The van der Waals surface area contributed by atoms with Gasteiger partial charge in [-0.25, -0.2) is 0 Å². The van der Waals surface area contributed by atoms with E-state index in [1.54, 1.807) is 4.90 Å². The van der Waals surface area contributed by atoms with E-state index in [1.165, 1.54) is 11.1 Å². The number of amides is 1. The number of benzene rings is 1. The van der Waals surface area contributed by atoms with Crippen molar-refractivity contribution < 1.29 is 4.79 Å². The quantitative estimate of drug-likeness (QED) is 0.766. The smallest absolute Gasteiger partial charge is 0.237 e. The molecule has 1 aliphatic heterocycles. The minimum Gasteiger partial charge on any atom is -0.330 e. The number of hydrogen-bond acceptors (Lipinski definition) is 2. The highest BCUT2D eigenvalue weighted by Gasteiger charge is 2.65. The molecule has 3 rings (SSSR count). The predicted octanol–water partition coefficient (Wildman–Crippen LogP) is 1.19. The number of rotatable bonds is 1. The van der Waals surface area contributed by atoms with Crippen LogP contribution in [-0.2, 0) is 10.2 Å². The summed E-state index contributed by atoms with van der Waals surface area (Å²) in [6, 6.07) is 6.25. The second kappa shape index (κ2) is 2.86. The standard InChI is InChI=1S/C13H16N2O/c1-8-3-4-11-10(5-8)13(6-9(13)7-14)12(16)15(11)2/h3-5,9H,6-7,14H2,1-2H3. The zero-order valence-corrected chi connectivity index (χ0v) is 9.66. The van der Waals surface area contributed by atoms with Crippen LogP contribution in [0.2, 0.25) is 0 Å². The Morgan fingerprint density at radius 3 is 2.94 bits per heavy atom. The zero-order valence-electron chi connectivity index (χ0n) is 9.66. The molecule has 1 amide bonds. The first kappa shape index (κ1) is 9.85. The van der Waals surface area contributed by atoms with Crippen LogP contribution in [0.15, 0.2) is 18.2 Å².